The number of hydrogen-bond acceptors (Lipinski definition) is 4. The van der Waals surface area contributed by atoms with E-state index in [2.05, 4.69) is 21.9 Å². The number of sulfonamides is 1. The van der Waals surface area contributed by atoms with Crippen molar-refractivity contribution in [2.45, 2.75) is 0 Å². The highest BCUT2D eigenvalue weighted by atomic mass is 35.5. The Balaban J connectivity index is 2.69. The maximum atomic E-state index is 11.9. The van der Waals surface area contributed by atoms with Crippen molar-refractivity contribution in [2.24, 2.45) is 5.73 Å². The maximum absolute atomic E-state index is 11.9. The molecule has 0 saturated carbocycles. The van der Waals surface area contributed by atoms with Gasteiger partial charge in [0.1, 0.15) is 0 Å². The van der Waals surface area contributed by atoms with Crippen molar-refractivity contribution in [1.82, 2.24) is 10.0 Å². The van der Waals surface area contributed by atoms with Crippen molar-refractivity contribution in [3.8, 4) is 11.8 Å². The van der Waals surface area contributed by atoms with Gasteiger partial charge in [0.2, 0.25) is 10.0 Å². The first kappa shape index (κ1) is 17.5. The van der Waals surface area contributed by atoms with Crippen molar-refractivity contribution in [3.05, 3.63) is 34.3 Å². The molecule has 21 heavy (non-hydrogen) atoms. The van der Waals surface area contributed by atoms with Gasteiger partial charge in [-0.1, -0.05) is 23.4 Å². The van der Waals surface area contributed by atoms with Gasteiger partial charge in [-0.25, -0.2) is 13.1 Å². The van der Waals surface area contributed by atoms with Crippen molar-refractivity contribution in [1.29, 1.82) is 0 Å². The third-order valence-corrected chi connectivity index (χ3v) is 4.20. The Morgan fingerprint density at radius 2 is 2.14 bits per heavy atom. The predicted molar refractivity (Wildman–Crippen MR) is 82.6 cm³/mol. The summed E-state index contributed by atoms with van der Waals surface area (Å²) >= 11 is 6.01. The summed E-state index contributed by atoms with van der Waals surface area (Å²) in [6, 6.07) is 4.66. The second-order valence-corrected chi connectivity index (χ2v) is 6.43. The van der Waals surface area contributed by atoms with E-state index in [1.807, 2.05) is 0 Å². The zero-order valence-electron chi connectivity index (χ0n) is 11.4. The van der Waals surface area contributed by atoms with Crippen molar-refractivity contribution >= 4 is 27.5 Å². The van der Waals surface area contributed by atoms with Crippen LogP contribution in [0, 0.1) is 11.8 Å². The number of nitrogens with one attached hydrogen (secondary N) is 2. The van der Waals surface area contributed by atoms with Crippen molar-refractivity contribution in [3.63, 3.8) is 0 Å². The van der Waals surface area contributed by atoms with Gasteiger partial charge in [0, 0.05) is 17.7 Å². The fourth-order valence-electron chi connectivity index (χ4n) is 1.41. The number of carbonyl (C=O) groups excluding carboxylic acids is 1. The minimum atomic E-state index is -3.34. The Morgan fingerprint density at radius 1 is 1.43 bits per heavy atom. The number of hydrogen-bond donors (Lipinski definition) is 3. The molecule has 6 nitrogen and oxygen atoms in total. The first-order valence-corrected chi connectivity index (χ1v) is 8.10. The normalized spacial score (nSPS) is 10.6. The fraction of sp³-hybridized carbons (Fsp3) is 0.308. The quantitative estimate of drug-likeness (QED) is 0.658. The smallest absolute Gasteiger partial charge is 0.251 e. The summed E-state index contributed by atoms with van der Waals surface area (Å²) < 4.78 is 24.6. The lowest BCUT2D eigenvalue weighted by Crippen LogP contribution is -2.32. The molecule has 0 bridgehead atoms. The molecule has 4 N–H and O–H groups in total. The summed E-state index contributed by atoms with van der Waals surface area (Å²) in [5.74, 6) is 4.86. The average molecular weight is 330 g/mol. The monoisotopic (exact) mass is 329 g/mol. The molecular weight excluding hydrogens is 314 g/mol. The molecule has 0 radical (unpaired) electrons. The molecule has 0 aliphatic rings. The van der Waals surface area contributed by atoms with Gasteiger partial charge in [0.25, 0.3) is 5.91 Å². The molecule has 0 fully saturated rings. The van der Waals surface area contributed by atoms with Crippen LogP contribution in [-0.4, -0.2) is 40.2 Å². The van der Waals surface area contributed by atoms with Crippen LogP contribution in [0.15, 0.2) is 18.2 Å². The number of nitrogens with two attached hydrogens (primary N) is 1. The van der Waals surface area contributed by atoms with E-state index in [0.717, 1.165) is 0 Å². The third kappa shape index (κ3) is 5.73. The standard InChI is InChI=1S/C13H16ClN3O3S/c1-16-21(19,20)8-7-17-13(18)11-5-4-10(3-2-6-15)12(14)9-11/h4-5,9,16H,6-8,15H2,1H3,(H,17,18). The highest BCUT2D eigenvalue weighted by Gasteiger charge is 2.10. The second kappa shape index (κ2) is 8.00. The number of amides is 1. The van der Waals surface area contributed by atoms with E-state index in [-0.39, 0.29) is 18.8 Å². The van der Waals surface area contributed by atoms with Gasteiger partial charge in [-0.15, -0.1) is 0 Å². The molecule has 1 aromatic carbocycles. The Hall–Kier alpha value is -1.59. The van der Waals surface area contributed by atoms with E-state index in [9.17, 15) is 13.2 Å². The Labute approximate surface area is 129 Å². The molecule has 0 unspecified atom stereocenters. The summed E-state index contributed by atoms with van der Waals surface area (Å²) in [7, 11) is -2.03. The molecule has 0 heterocycles. The molecule has 1 amide bonds. The van der Waals surface area contributed by atoms with Crippen LogP contribution in [-0.2, 0) is 10.0 Å². The highest BCUT2D eigenvalue weighted by molar-refractivity contribution is 7.89. The van der Waals surface area contributed by atoms with Crippen LogP contribution in [0.3, 0.4) is 0 Å². The van der Waals surface area contributed by atoms with E-state index < -0.39 is 15.9 Å². The average Bonchev–Trinajstić information content (AvgIpc) is 2.45. The zero-order valence-corrected chi connectivity index (χ0v) is 13.0. The predicted octanol–water partition coefficient (Wildman–Crippen LogP) is -0.0708. The van der Waals surface area contributed by atoms with Gasteiger partial charge >= 0.3 is 0 Å². The minimum Gasteiger partial charge on any atom is -0.351 e. The lowest BCUT2D eigenvalue weighted by atomic mass is 10.1. The molecule has 0 saturated heterocycles. The highest BCUT2D eigenvalue weighted by Crippen LogP contribution is 2.16. The fourth-order valence-corrected chi connectivity index (χ4v) is 2.21. The molecule has 0 aliphatic heterocycles. The van der Waals surface area contributed by atoms with Gasteiger partial charge < -0.3 is 11.1 Å². The molecule has 0 aliphatic carbocycles. The Kier molecular flexibility index (Phi) is 6.65. The summed E-state index contributed by atoms with van der Waals surface area (Å²) in [6.45, 7) is 0.229. The molecule has 0 atom stereocenters. The molecule has 1 rings (SSSR count). The van der Waals surface area contributed by atoms with Gasteiger partial charge in [-0.3, -0.25) is 4.79 Å². The molecule has 0 spiro atoms. The number of carbonyl (C=O) groups is 1. The van der Waals surface area contributed by atoms with E-state index in [0.29, 0.717) is 16.1 Å². The topological polar surface area (TPSA) is 101 Å². The maximum Gasteiger partial charge on any atom is 0.251 e. The van der Waals surface area contributed by atoms with E-state index in [4.69, 9.17) is 17.3 Å². The number of halogens is 1. The molecule has 114 valence electrons. The molecule has 8 heteroatoms. The van der Waals surface area contributed by atoms with Crippen LogP contribution in [0.1, 0.15) is 15.9 Å². The van der Waals surface area contributed by atoms with Crippen LogP contribution < -0.4 is 15.8 Å². The first-order chi connectivity index (χ1) is 9.89. The summed E-state index contributed by atoms with van der Waals surface area (Å²) in [5.41, 5.74) is 6.18. The lowest BCUT2D eigenvalue weighted by molar-refractivity contribution is 0.0956. The van der Waals surface area contributed by atoms with Crippen LogP contribution in [0.25, 0.3) is 0 Å². The number of benzene rings is 1. The third-order valence-electron chi connectivity index (χ3n) is 2.52. The van der Waals surface area contributed by atoms with Crippen LogP contribution in [0.5, 0.6) is 0 Å². The van der Waals surface area contributed by atoms with Gasteiger partial charge in [0.15, 0.2) is 0 Å². The number of rotatable bonds is 5. The molecule has 0 aromatic heterocycles. The summed E-state index contributed by atoms with van der Waals surface area (Å²) in [6.07, 6.45) is 0. The van der Waals surface area contributed by atoms with E-state index >= 15 is 0 Å². The Bertz CT molecular complexity index is 678. The van der Waals surface area contributed by atoms with E-state index in [1.54, 1.807) is 12.1 Å². The van der Waals surface area contributed by atoms with E-state index in [1.165, 1.54) is 13.1 Å². The van der Waals surface area contributed by atoms with Crippen LogP contribution >= 0.6 is 11.6 Å². The summed E-state index contributed by atoms with van der Waals surface area (Å²) in [5, 5.41) is 2.85. The molecule has 1 aromatic rings. The second-order valence-electron chi connectivity index (χ2n) is 3.98. The SMILES string of the molecule is CNS(=O)(=O)CCNC(=O)c1ccc(C#CCN)c(Cl)c1. The Morgan fingerprint density at radius 3 is 2.71 bits per heavy atom. The minimum absolute atomic E-state index is 0.00829. The lowest BCUT2D eigenvalue weighted by Gasteiger charge is -2.06. The van der Waals surface area contributed by atoms with Gasteiger partial charge in [-0.2, -0.15) is 0 Å². The summed E-state index contributed by atoms with van der Waals surface area (Å²) in [4.78, 5) is 11.9. The van der Waals surface area contributed by atoms with Gasteiger partial charge in [0.05, 0.1) is 17.3 Å². The van der Waals surface area contributed by atoms with Crippen molar-refractivity contribution in [2.75, 3.05) is 25.9 Å². The van der Waals surface area contributed by atoms with Crippen LogP contribution in [0.2, 0.25) is 5.02 Å². The first-order valence-electron chi connectivity index (χ1n) is 6.07. The van der Waals surface area contributed by atoms with Crippen molar-refractivity contribution < 1.29 is 13.2 Å². The largest absolute Gasteiger partial charge is 0.351 e. The van der Waals surface area contributed by atoms with Crippen LogP contribution in [0.4, 0.5) is 0 Å². The van der Waals surface area contributed by atoms with Gasteiger partial charge in [-0.05, 0) is 25.2 Å². The molecular formula is C13H16ClN3O3S. The zero-order chi connectivity index (χ0) is 15.9.